The fraction of sp³-hybridized carbons (Fsp3) is 0.250. The molecule has 2 rings (SSSR count). The Hall–Kier alpha value is -2.54. The molecule has 0 aliphatic carbocycles. The van der Waals surface area contributed by atoms with Gasteiger partial charge in [0.2, 0.25) is 0 Å². The molecular weight excluding hydrogens is 302 g/mol. The third-order valence-corrected chi connectivity index (χ3v) is 4.40. The van der Waals surface area contributed by atoms with E-state index < -0.39 is 0 Å². The Balaban J connectivity index is 2.54. The molecule has 0 radical (unpaired) electrons. The van der Waals surface area contributed by atoms with E-state index in [0.717, 1.165) is 12.8 Å². The van der Waals surface area contributed by atoms with Crippen LogP contribution in [0.25, 0.3) is 0 Å². The first-order chi connectivity index (χ1) is 12.2. The van der Waals surface area contributed by atoms with Crippen LogP contribution in [0.5, 0.6) is 0 Å². The van der Waals surface area contributed by atoms with Gasteiger partial charge in [-0.15, -0.1) is 0 Å². The lowest BCUT2D eigenvalue weighted by molar-refractivity contribution is 0.803. The molecule has 0 aliphatic rings. The molecule has 0 bridgehead atoms. The molecule has 0 heterocycles. The number of nitrogens with zero attached hydrogens (tertiary/aromatic N) is 1. The van der Waals surface area contributed by atoms with Gasteiger partial charge in [0.05, 0.1) is 6.04 Å². The third kappa shape index (κ3) is 4.73. The van der Waals surface area contributed by atoms with Gasteiger partial charge in [-0.1, -0.05) is 75.1 Å². The monoisotopic (exact) mass is 331 g/mol. The van der Waals surface area contributed by atoms with Crippen molar-refractivity contribution in [2.45, 2.75) is 39.7 Å². The Bertz CT molecular complexity index is 671. The van der Waals surface area contributed by atoms with Crippen LogP contribution in [0.1, 0.15) is 33.6 Å². The first-order valence-corrected chi connectivity index (χ1v) is 9.14. The molecule has 130 valence electrons. The van der Waals surface area contributed by atoms with Crippen molar-refractivity contribution in [2.75, 3.05) is 4.90 Å². The standard InChI is InChI=1S/C24H29N/c1-5-14-21(7-3)24(15-6-2)20(4)25(22-16-10-8-11-17-22)23-18-12-9-13-19-23/h5,8-20H,1,6-7H2,2-4H3/b21-14+,24-15+. The summed E-state index contributed by atoms with van der Waals surface area (Å²) in [5.74, 6) is 0. The predicted molar refractivity (Wildman–Crippen MR) is 111 cm³/mol. The molecule has 0 N–H and O–H groups in total. The first-order valence-electron chi connectivity index (χ1n) is 9.14. The predicted octanol–water partition coefficient (Wildman–Crippen LogP) is 7.07. The molecule has 0 saturated heterocycles. The Morgan fingerprint density at radius 3 is 1.88 bits per heavy atom. The average Bonchev–Trinajstić information content (AvgIpc) is 2.66. The molecule has 2 aromatic rings. The van der Waals surface area contributed by atoms with E-state index in [-0.39, 0.29) is 6.04 Å². The van der Waals surface area contributed by atoms with Crippen LogP contribution in [0, 0.1) is 0 Å². The Kier molecular flexibility index (Phi) is 7.28. The summed E-state index contributed by atoms with van der Waals surface area (Å²) in [5.41, 5.74) is 5.13. The lowest BCUT2D eigenvalue weighted by Crippen LogP contribution is -2.31. The fourth-order valence-electron chi connectivity index (χ4n) is 3.26. The number of hydrogen-bond acceptors (Lipinski definition) is 1. The summed E-state index contributed by atoms with van der Waals surface area (Å²) in [6, 6.07) is 21.5. The number of anilines is 2. The van der Waals surface area contributed by atoms with E-state index in [9.17, 15) is 0 Å². The maximum atomic E-state index is 3.89. The van der Waals surface area contributed by atoms with Crippen molar-refractivity contribution < 1.29 is 0 Å². The summed E-state index contributed by atoms with van der Waals surface area (Å²) in [4.78, 5) is 2.41. The van der Waals surface area contributed by atoms with Crippen molar-refractivity contribution in [3.05, 3.63) is 96.6 Å². The van der Waals surface area contributed by atoms with Crippen molar-refractivity contribution in [2.24, 2.45) is 0 Å². The van der Waals surface area contributed by atoms with Gasteiger partial charge in [0.25, 0.3) is 0 Å². The van der Waals surface area contributed by atoms with Crippen LogP contribution in [-0.4, -0.2) is 6.04 Å². The maximum Gasteiger partial charge on any atom is 0.0562 e. The minimum atomic E-state index is 0.232. The average molecular weight is 332 g/mol. The molecule has 0 saturated carbocycles. The van der Waals surface area contributed by atoms with Crippen molar-refractivity contribution in [3.8, 4) is 0 Å². The lowest BCUT2D eigenvalue weighted by Gasteiger charge is -2.34. The number of hydrogen-bond donors (Lipinski definition) is 0. The summed E-state index contributed by atoms with van der Waals surface area (Å²) in [7, 11) is 0. The SMILES string of the molecule is C=C/C=C(CC)/C(=C/CC)C(C)N(c1ccccc1)c1ccccc1. The number of para-hydroxylation sites is 2. The molecular formula is C24H29N. The number of allylic oxidation sites excluding steroid dienone is 3. The molecule has 1 atom stereocenters. The van der Waals surface area contributed by atoms with E-state index >= 15 is 0 Å². The molecule has 25 heavy (non-hydrogen) atoms. The zero-order chi connectivity index (χ0) is 18.1. The molecule has 1 heteroatoms. The highest BCUT2D eigenvalue weighted by Gasteiger charge is 2.21. The van der Waals surface area contributed by atoms with Gasteiger partial charge in [0.15, 0.2) is 0 Å². The second kappa shape index (κ2) is 9.68. The van der Waals surface area contributed by atoms with Crippen molar-refractivity contribution in [1.29, 1.82) is 0 Å². The van der Waals surface area contributed by atoms with Gasteiger partial charge in [0, 0.05) is 11.4 Å². The zero-order valence-electron chi connectivity index (χ0n) is 15.7. The third-order valence-electron chi connectivity index (χ3n) is 4.40. The first kappa shape index (κ1) is 18.8. The molecule has 0 aromatic heterocycles. The Morgan fingerprint density at radius 2 is 1.48 bits per heavy atom. The zero-order valence-corrected chi connectivity index (χ0v) is 15.7. The lowest BCUT2D eigenvalue weighted by atomic mass is 9.94. The summed E-state index contributed by atoms with van der Waals surface area (Å²) in [6.07, 6.45) is 8.41. The van der Waals surface area contributed by atoms with Crippen LogP contribution >= 0.6 is 0 Å². The van der Waals surface area contributed by atoms with Gasteiger partial charge >= 0.3 is 0 Å². The Morgan fingerprint density at radius 1 is 0.960 bits per heavy atom. The van der Waals surface area contributed by atoms with E-state index in [0.29, 0.717) is 0 Å². The summed E-state index contributed by atoms with van der Waals surface area (Å²) in [6.45, 7) is 10.6. The second-order valence-electron chi connectivity index (χ2n) is 6.07. The highest BCUT2D eigenvalue weighted by Crippen LogP contribution is 2.33. The van der Waals surface area contributed by atoms with Gasteiger partial charge in [-0.05, 0) is 55.2 Å². The van der Waals surface area contributed by atoms with E-state index in [4.69, 9.17) is 0 Å². The van der Waals surface area contributed by atoms with Crippen LogP contribution < -0.4 is 4.90 Å². The molecule has 0 spiro atoms. The summed E-state index contributed by atoms with van der Waals surface area (Å²) in [5, 5.41) is 0. The van der Waals surface area contributed by atoms with E-state index in [1.54, 1.807) is 0 Å². The number of rotatable bonds is 8. The van der Waals surface area contributed by atoms with Crippen molar-refractivity contribution in [1.82, 2.24) is 0 Å². The normalized spacial score (nSPS) is 13.4. The van der Waals surface area contributed by atoms with Gasteiger partial charge < -0.3 is 4.90 Å². The molecule has 0 amide bonds. The van der Waals surface area contributed by atoms with Crippen LogP contribution in [0.15, 0.2) is 96.6 Å². The summed E-state index contributed by atoms with van der Waals surface area (Å²) < 4.78 is 0. The Labute approximate surface area is 153 Å². The highest BCUT2D eigenvalue weighted by molar-refractivity contribution is 5.66. The van der Waals surface area contributed by atoms with Gasteiger partial charge in [-0.25, -0.2) is 0 Å². The molecule has 0 aliphatic heterocycles. The summed E-state index contributed by atoms with van der Waals surface area (Å²) >= 11 is 0. The van der Waals surface area contributed by atoms with Crippen molar-refractivity contribution >= 4 is 11.4 Å². The molecule has 1 nitrogen and oxygen atoms in total. The fourth-order valence-corrected chi connectivity index (χ4v) is 3.26. The van der Waals surface area contributed by atoms with Crippen LogP contribution in [0.3, 0.4) is 0 Å². The molecule has 2 aromatic carbocycles. The van der Waals surface area contributed by atoms with Crippen LogP contribution in [0.2, 0.25) is 0 Å². The highest BCUT2D eigenvalue weighted by atomic mass is 15.2. The largest absolute Gasteiger partial charge is 0.334 e. The molecule has 1 unspecified atom stereocenters. The topological polar surface area (TPSA) is 3.24 Å². The number of benzene rings is 2. The van der Waals surface area contributed by atoms with Crippen LogP contribution in [0.4, 0.5) is 11.4 Å². The molecule has 0 fully saturated rings. The second-order valence-corrected chi connectivity index (χ2v) is 6.07. The van der Waals surface area contributed by atoms with Gasteiger partial charge in [0.1, 0.15) is 0 Å². The van der Waals surface area contributed by atoms with Crippen LogP contribution in [-0.2, 0) is 0 Å². The maximum absolute atomic E-state index is 3.89. The van der Waals surface area contributed by atoms with E-state index in [1.807, 2.05) is 6.08 Å². The van der Waals surface area contributed by atoms with E-state index in [2.05, 4.69) is 105 Å². The van der Waals surface area contributed by atoms with E-state index in [1.165, 1.54) is 22.5 Å². The van der Waals surface area contributed by atoms with Crippen molar-refractivity contribution in [3.63, 3.8) is 0 Å². The quantitative estimate of drug-likeness (QED) is 0.467. The van der Waals surface area contributed by atoms with Gasteiger partial charge in [-0.3, -0.25) is 0 Å². The smallest absolute Gasteiger partial charge is 0.0562 e. The minimum Gasteiger partial charge on any atom is -0.334 e. The van der Waals surface area contributed by atoms with Gasteiger partial charge in [-0.2, -0.15) is 0 Å². The minimum absolute atomic E-state index is 0.232.